The van der Waals surface area contributed by atoms with Crippen molar-refractivity contribution in [3.63, 3.8) is 0 Å². The summed E-state index contributed by atoms with van der Waals surface area (Å²) in [6.45, 7) is 18.1. The van der Waals surface area contributed by atoms with Crippen molar-refractivity contribution in [2.45, 2.75) is 144 Å². The third-order valence-electron chi connectivity index (χ3n) is 20.7. The van der Waals surface area contributed by atoms with Crippen LogP contribution in [0.1, 0.15) is 74.4 Å². The van der Waals surface area contributed by atoms with Crippen molar-refractivity contribution >= 4 is 173 Å². The molecule has 16 rings (SSSR count). The van der Waals surface area contributed by atoms with Gasteiger partial charge < -0.3 is 69.8 Å². The summed E-state index contributed by atoms with van der Waals surface area (Å²) in [6.07, 6.45) is 1.34. The number of nitrogens with zero attached hydrogens (tertiary/aromatic N) is 10. The van der Waals surface area contributed by atoms with Gasteiger partial charge in [0.25, 0.3) is 27.8 Å². The number of hydrogen-bond donors (Lipinski definition) is 14. The summed E-state index contributed by atoms with van der Waals surface area (Å²) in [7, 11) is 3.54. The number of benzene rings is 5. The molecule has 14 N–H and O–H groups in total. The fraction of sp³-hybridized carbons (Fsp3) is 0.370. The van der Waals surface area contributed by atoms with Crippen LogP contribution >= 0.6 is 58.0 Å². The molecule has 0 spiro atoms. The lowest BCUT2D eigenvalue weighted by atomic mass is 10.1. The van der Waals surface area contributed by atoms with E-state index in [1.54, 1.807) is 79.4 Å². The lowest BCUT2D eigenvalue weighted by molar-refractivity contribution is -0.118. The molecule has 116 heavy (non-hydrogen) atoms. The zero-order chi connectivity index (χ0) is 83.1. The Bertz CT molecular complexity index is 6470. The maximum Gasteiger partial charge on any atom is 0.262 e. The fourth-order valence-electron chi connectivity index (χ4n) is 15.0. The first kappa shape index (κ1) is 85.5. The number of aromatic amines is 5. The standard InChI is InChI=1S/C17H19ClN4O2.C17H21ClN4O2.C16H17ClN4O2.C16H19ClN4O2.C15H17ClN4O2/c1-9-15-16(21-20-9)11-7-10(18)4-5-13(11)22(17(15)24)8-14(23)12-3-2-6-19-12;1-3-19-9-12(23)6-7-22-14-5-4-11(18)8-13(14)16-15(17(22)24)10(2)20-21-16;1-9-14-15(20-19-9)12-8-11(17)4-5-13(12)21(16(14)23)7-3-6-18-10(2)22;1-9-14-15(20-19-9)12-7-10(17)3-4-13(12)21(16(14)23)6-5-11(22)8-18-2;1-8-13-14(19-18-8)11-5-9(16)3-4-12(11)20(15(13)22)7-10(21)6-17-2/h4-5,7,12,14,19,23H,2-3,6,8H2,1H3,(H,20,21);4-5,8,12,19,23H,3,6-7,9H2,1-2H3,(H,20,21);4-5,8H,3,6-7H2,1-2H3,(H,18,22)(H,19,20);3-4,7,11,18,22H,5-6,8H2,1-2H3,(H,19,20);3-5,10,17,21H,6-7H2,1-2H3,(H,18,19). The molecule has 10 aromatic heterocycles. The molecule has 30 nitrogen and oxygen atoms in total. The second-order valence-corrected chi connectivity index (χ2v) is 31.1. The molecule has 0 radical (unpaired) electrons. The summed E-state index contributed by atoms with van der Waals surface area (Å²) in [5.74, 6) is -0.0740. The molecule has 0 bridgehead atoms. The molecule has 0 saturated carbocycles. The van der Waals surface area contributed by atoms with Crippen LogP contribution in [0.3, 0.4) is 0 Å². The number of fused-ring (bicyclic) bond motifs is 15. The Labute approximate surface area is 687 Å². The number of aliphatic hydroxyl groups excluding tert-OH is 4. The molecule has 11 heterocycles. The summed E-state index contributed by atoms with van der Waals surface area (Å²) in [5.41, 5.74) is 10.0. The molecular formula is C81H93Cl5N20O10. The zero-order valence-corrected chi connectivity index (χ0v) is 69.2. The SMILES string of the molecule is CC(=O)NCCCn1c(=O)c2c(C)[nH]nc2c2cc(Cl)ccc21.CCNCC(O)CCn1c(=O)c2c(C)[nH]nc2c2cc(Cl)ccc21.CNCC(O)CCn1c(=O)c2c(C)[nH]nc2c2cc(Cl)ccc21.CNCC(O)Cn1c(=O)c2c(C)[nH]nc2c2cc(Cl)ccc21.Cc1[nH]nc2c1c(=O)n(CC(O)C1CCCN1)c1ccc(Cl)cc21. The smallest absolute Gasteiger partial charge is 0.262 e. The predicted molar refractivity (Wildman–Crippen MR) is 462 cm³/mol. The van der Waals surface area contributed by atoms with Crippen molar-refractivity contribution in [1.82, 2.24) is 100 Å². The number of pyridine rings is 5. The zero-order valence-electron chi connectivity index (χ0n) is 65.5. The number of aliphatic hydroxyl groups is 4. The van der Waals surface area contributed by atoms with Crippen LogP contribution in [0, 0.1) is 34.6 Å². The van der Waals surface area contributed by atoms with Gasteiger partial charge in [-0.1, -0.05) is 64.9 Å². The van der Waals surface area contributed by atoms with E-state index in [0.29, 0.717) is 156 Å². The maximum absolute atomic E-state index is 13.0. The average molecular weight is 1680 g/mol. The summed E-state index contributed by atoms with van der Waals surface area (Å²) in [4.78, 5) is 75.3. The van der Waals surface area contributed by atoms with Gasteiger partial charge in [0, 0.05) is 139 Å². The van der Waals surface area contributed by atoms with E-state index >= 15 is 0 Å². The summed E-state index contributed by atoms with van der Waals surface area (Å²) < 4.78 is 8.33. The van der Waals surface area contributed by atoms with E-state index < -0.39 is 24.4 Å². The number of H-pyrrole nitrogens is 5. The van der Waals surface area contributed by atoms with Crippen LogP contribution < -0.4 is 54.4 Å². The Kier molecular flexibility index (Phi) is 27.7. The highest BCUT2D eigenvalue weighted by atomic mass is 35.5. The Morgan fingerprint density at radius 2 is 0.767 bits per heavy atom. The van der Waals surface area contributed by atoms with Gasteiger partial charge in [0.15, 0.2) is 0 Å². The van der Waals surface area contributed by atoms with Gasteiger partial charge in [-0.3, -0.25) is 54.3 Å². The van der Waals surface area contributed by atoms with Crippen LogP contribution in [-0.4, -0.2) is 184 Å². The highest BCUT2D eigenvalue weighted by Crippen LogP contribution is 2.32. The third-order valence-corrected chi connectivity index (χ3v) is 21.9. The summed E-state index contributed by atoms with van der Waals surface area (Å²) >= 11 is 30.6. The van der Waals surface area contributed by atoms with Crippen LogP contribution in [0.5, 0.6) is 0 Å². The van der Waals surface area contributed by atoms with E-state index in [1.165, 1.54) is 6.92 Å². The second kappa shape index (κ2) is 37.6. The molecule has 15 aromatic rings. The molecule has 1 amide bonds. The number of carbonyl (C=O) groups is 1. The van der Waals surface area contributed by atoms with Gasteiger partial charge in [-0.15, -0.1) is 0 Å². The molecule has 5 atom stereocenters. The highest BCUT2D eigenvalue weighted by molar-refractivity contribution is 6.33. The highest BCUT2D eigenvalue weighted by Gasteiger charge is 2.27. The van der Waals surface area contributed by atoms with Crippen LogP contribution in [0.15, 0.2) is 115 Å². The first-order chi connectivity index (χ1) is 55.6. The molecule has 0 aliphatic carbocycles. The number of nitrogens with one attached hydrogen (secondary N) is 10. The molecule has 5 aromatic carbocycles. The van der Waals surface area contributed by atoms with Crippen LogP contribution in [0.4, 0.5) is 0 Å². The molecule has 1 aliphatic heterocycles. The van der Waals surface area contributed by atoms with Gasteiger partial charge in [0.1, 0.15) is 27.6 Å². The van der Waals surface area contributed by atoms with Crippen molar-refractivity contribution in [1.29, 1.82) is 0 Å². The number of likely N-dealkylation sites (N-methyl/N-ethyl adjacent to an activating group) is 3. The van der Waals surface area contributed by atoms with Crippen molar-refractivity contribution < 1.29 is 25.2 Å². The minimum Gasteiger partial charge on any atom is -0.392 e. The van der Waals surface area contributed by atoms with E-state index in [2.05, 4.69) is 77.6 Å². The van der Waals surface area contributed by atoms with Crippen LogP contribution in [-0.2, 0) is 37.5 Å². The number of aromatic nitrogens is 15. The minimum absolute atomic E-state index is 0.0281. The van der Waals surface area contributed by atoms with E-state index in [0.717, 1.165) is 97.7 Å². The van der Waals surface area contributed by atoms with Gasteiger partial charge >= 0.3 is 0 Å². The van der Waals surface area contributed by atoms with Crippen molar-refractivity contribution in [3.05, 3.63) is 196 Å². The normalized spacial score (nSPS) is 14.0. The van der Waals surface area contributed by atoms with Crippen molar-refractivity contribution in [2.24, 2.45) is 0 Å². The fourth-order valence-corrected chi connectivity index (χ4v) is 15.9. The molecule has 1 fully saturated rings. The maximum atomic E-state index is 13.0. The largest absolute Gasteiger partial charge is 0.392 e. The Morgan fingerprint density at radius 3 is 1.09 bits per heavy atom. The minimum atomic E-state index is -0.661. The first-order valence-electron chi connectivity index (χ1n) is 38.2. The summed E-state index contributed by atoms with van der Waals surface area (Å²) in [5, 5.41) is 101. The lowest BCUT2D eigenvalue weighted by Gasteiger charge is -2.21. The summed E-state index contributed by atoms with van der Waals surface area (Å²) in [6, 6.07) is 27.0. The lowest BCUT2D eigenvalue weighted by Crippen LogP contribution is -2.39. The number of halogens is 5. The monoisotopic (exact) mass is 1680 g/mol. The van der Waals surface area contributed by atoms with Crippen molar-refractivity contribution in [2.75, 3.05) is 53.4 Å². The van der Waals surface area contributed by atoms with Gasteiger partial charge in [0.2, 0.25) is 5.91 Å². The number of carbonyl (C=O) groups excluding carboxylic acids is 1. The molecule has 35 heteroatoms. The average Bonchev–Trinajstić information content (AvgIpc) is 1.47. The Morgan fingerprint density at radius 1 is 0.457 bits per heavy atom. The molecule has 5 unspecified atom stereocenters. The number of amides is 1. The Balaban J connectivity index is 0.000000134. The number of aryl methyl sites for hydroxylation is 8. The van der Waals surface area contributed by atoms with E-state index in [-0.39, 0.29) is 52.8 Å². The third kappa shape index (κ3) is 18.3. The quantitative estimate of drug-likeness (QED) is 0.0281. The van der Waals surface area contributed by atoms with E-state index in [9.17, 15) is 49.2 Å². The Hall–Kier alpha value is -9.90. The van der Waals surface area contributed by atoms with Crippen molar-refractivity contribution in [3.8, 4) is 0 Å². The second-order valence-electron chi connectivity index (χ2n) is 28.9. The van der Waals surface area contributed by atoms with Gasteiger partial charge in [0.05, 0.1) is 92.0 Å². The van der Waals surface area contributed by atoms with Gasteiger partial charge in [-0.25, -0.2) is 0 Å². The van der Waals surface area contributed by atoms with E-state index in [1.807, 2.05) is 90.1 Å². The number of rotatable bonds is 22. The predicted octanol–water partition coefficient (Wildman–Crippen LogP) is 9.75. The molecule has 1 saturated heterocycles. The van der Waals surface area contributed by atoms with Gasteiger partial charge in [-0.05, 0) is 185 Å². The first-order valence-corrected chi connectivity index (χ1v) is 40.1. The molecule has 1 aliphatic rings. The van der Waals surface area contributed by atoms with Crippen LogP contribution in [0.25, 0.3) is 109 Å². The van der Waals surface area contributed by atoms with E-state index in [4.69, 9.17) is 58.0 Å². The molecular weight excluding hydrogens is 1590 g/mol. The van der Waals surface area contributed by atoms with Crippen LogP contribution in [0.2, 0.25) is 25.1 Å². The topological polar surface area (TPSA) is 412 Å². The number of hydrogen-bond acceptors (Lipinski definition) is 19. The molecule has 612 valence electrons. The van der Waals surface area contributed by atoms with Gasteiger partial charge in [-0.2, -0.15) is 25.5 Å².